The van der Waals surface area contributed by atoms with Gasteiger partial charge in [-0.2, -0.15) is 0 Å². The van der Waals surface area contributed by atoms with Crippen LogP contribution in [0.4, 0.5) is 0 Å². The van der Waals surface area contributed by atoms with E-state index in [1.54, 1.807) is 6.08 Å². The van der Waals surface area contributed by atoms with Gasteiger partial charge in [0.15, 0.2) is 0 Å². The van der Waals surface area contributed by atoms with Crippen LogP contribution in [0.3, 0.4) is 0 Å². The maximum absolute atomic E-state index is 12.9. The van der Waals surface area contributed by atoms with E-state index in [-0.39, 0.29) is 12.5 Å². The molecule has 0 fully saturated rings. The Hall–Kier alpha value is -1.54. The van der Waals surface area contributed by atoms with Gasteiger partial charge in [-0.25, -0.2) is 0 Å². The second kappa shape index (κ2) is 46.6. The van der Waals surface area contributed by atoms with Crippen LogP contribution in [0.1, 0.15) is 245 Å². The van der Waals surface area contributed by atoms with Crippen molar-refractivity contribution >= 4 is 13.7 Å². The third-order valence-electron chi connectivity index (χ3n) is 12.0. The zero-order valence-corrected chi connectivity index (χ0v) is 43.6. The average molecular weight is 921 g/mol. The summed E-state index contributed by atoms with van der Waals surface area (Å²) in [6.45, 7) is 4.63. The van der Waals surface area contributed by atoms with Gasteiger partial charge in [0.25, 0.3) is 7.82 Å². The van der Waals surface area contributed by atoms with Crippen LogP contribution >= 0.6 is 7.82 Å². The molecule has 0 bridgehead atoms. The normalized spacial score (nSPS) is 14.4. The van der Waals surface area contributed by atoms with Crippen molar-refractivity contribution in [2.45, 2.75) is 257 Å². The summed E-state index contributed by atoms with van der Waals surface area (Å²) in [5, 5.41) is 13.8. The first-order valence-corrected chi connectivity index (χ1v) is 28.5. The SMILES string of the molecule is CCCCCCCCCCCC/C=C\CCCCCCCCCC(=O)NC(COP(=O)([O-])OCC[N+](C)(C)C)C(O)/C=C/CC/C=C/CC/C=C/CCCCCCCCCCCCC. The Bertz CT molecular complexity index is 1180. The first-order chi connectivity index (χ1) is 31.0. The fraction of sp³-hybridized carbons (Fsp3) is 0.836. The Labute approximate surface area is 397 Å². The third-order valence-corrected chi connectivity index (χ3v) is 13.0. The largest absolute Gasteiger partial charge is 0.756 e. The summed E-state index contributed by atoms with van der Waals surface area (Å²) in [4.78, 5) is 25.4. The van der Waals surface area contributed by atoms with Crippen LogP contribution < -0.4 is 10.2 Å². The van der Waals surface area contributed by atoms with E-state index in [0.717, 1.165) is 44.9 Å². The topological polar surface area (TPSA) is 108 Å². The number of phosphoric ester groups is 1. The fourth-order valence-corrected chi connectivity index (χ4v) is 8.43. The molecule has 0 aliphatic rings. The van der Waals surface area contributed by atoms with Crippen LogP contribution in [0.25, 0.3) is 0 Å². The van der Waals surface area contributed by atoms with Gasteiger partial charge in [0.1, 0.15) is 13.2 Å². The maximum Gasteiger partial charge on any atom is 0.268 e. The minimum atomic E-state index is -4.61. The lowest BCUT2D eigenvalue weighted by molar-refractivity contribution is -0.870. The Balaban J connectivity index is 4.36. The summed E-state index contributed by atoms with van der Waals surface area (Å²) in [5.74, 6) is -0.215. The number of nitrogens with zero attached hydrogens (tertiary/aromatic N) is 1. The molecule has 0 aromatic rings. The zero-order chi connectivity index (χ0) is 47.1. The van der Waals surface area contributed by atoms with E-state index in [0.29, 0.717) is 17.4 Å². The molecule has 3 unspecified atom stereocenters. The molecule has 0 saturated heterocycles. The van der Waals surface area contributed by atoms with Crippen molar-refractivity contribution in [1.82, 2.24) is 5.32 Å². The molecule has 9 heteroatoms. The molecule has 2 N–H and O–H groups in total. The number of aliphatic hydroxyl groups excluding tert-OH is 1. The van der Waals surface area contributed by atoms with Gasteiger partial charge in [-0.15, -0.1) is 0 Å². The Kier molecular flexibility index (Phi) is 45.4. The van der Waals surface area contributed by atoms with E-state index in [4.69, 9.17) is 9.05 Å². The first kappa shape index (κ1) is 62.5. The van der Waals surface area contributed by atoms with Gasteiger partial charge in [0.2, 0.25) is 5.91 Å². The smallest absolute Gasteiger partial charge is 0.268 e. The van der Waals surface area contributed by atoms with Crippen molar-refractivity contribution in [2.24, 2.45) is 0 Å². The van der Waals surface area contributed by atoms with E-state index in [2.05, 4.69) is 55.6 Å². The van der Waals surface area contributed by atoms with Gasteiger partial charge in [-0.3, -0.25) is 9.36 Å². The maximum atomic E-state index is 12.9. The van der Waals surface area contributed by atoms with E-state index in [1.165, 1.54) is 180 Å². The van der Waals surface area contributed by atoms with Crippen LogP contribution in [0.15, 0.2) is 48.6 Å². The lowest BCUT2D eigenvalue weighted by atomic mass is 10.1. The number of aliphatic hydroxyl groups is 1. The summed E-state index contributed by atoms with van der Waals surface area (Å²) < 4.78 is 23.3. The van der Waals surface area contributed by atoms with Crippen LogP contribution in [0.5, 0.6) is 0 Å². The summed E-state index contributed by atoms with van der Waals surface area (Å²) in [7, 11) is 1.23. The van der Waals surface area contributed by atoms with Gasteiger partial charge in [-0.1, -0.05) is 217 Å². The molecule has 0 spiro atoms. The highest BCUT2D eigenvalue weighted by Gasteiger charge is 2.23. The highest BCUT2D eigenvalue weighted by atomic mass is 31.2. The molecule has 0 heterocycles. The van der Waals surface area contributed by atoms with E-state index >= 15 is 0 Å². The number of unbranched alkanes of at least 4 members (excludes halogenated alkanes) is 30. The highest BCUT2D eigenvalue weighted by molar-refractivity contribution is 7.45. The van der Waals surface area contributed by atoms with Gasteiger partial charge in [0, 0.05) is 6.42 Å². The van der Waals surface area contributed by atoms with Crippen molar-refractivity contribution in [1.29, 1.82) is 0 Å². The minimum absolute atomic E-state index is 0.0104. The van der Waals surface area contributed by atoms with Crippen molar-refractivity contribution < 1.29 is 32.9 Å². The Morgan fingerprint density at radius 2 is 0.875 bits per heavy atom. The molecule has 0 aromatic heterocycles. The standard InChI is InChI=1S/C55H105N2O6P/c1-6-8-10-12-14-16-18-20-22-24-26-28-30-32-34-36-38-40-42-44-46-48-54(58)53(52-63-64(60,61)62-51-50-57(3,4)5)56-55(59)49-47-45-43-41-39-37-35-33-31-29-27-25-23-21-19-17-15-13-11-9-7-2/h29-32,38,40,46,48,53-54,58H,6-28,33-37,39,41-45,47,49-52H2,1-5H3,(H-,56,59,60,61)/b31-29-,32-30+,40-38+,48-46+. The molecule has 0 aliphatic heterocycles. The molecule has 0 rings (SSSR count). The number of amides is 1. The van der Waals surface area contributed by atoms with Crippen LogP contribution in [-0.2, 0) is 18.4 Å². The molecule has 0 aromatic carbocycles. The number of quaternary nitrogens is 1. The first-order valence-electron chi connectivity index (χ1n) is 27.0. The molecule has 8 nitrogen and oxygen atoms in total. The zero-order valence-electron chi connectivity index (χ0n) is 42.7. The summed E-state index contributed by atoms with van der Waals surface area (Å²) >= 11 is 0. The quantitative estimate of drug-likeness (QED) is 0.0272. The second-order valence-corrected chi connectivity index (χ2v) is 21.0. The minimum Gasteiger partial charge on any atom is -0.756 e. The number of carbonyl (C=O) groups is 1. The van der Waals surface area contributed by atoms with Gasteiger partial charge in [-0.05, 0) is 70.6 Å². The van der Waals surface area contributed by atoms with Crippen LogP contribution in [0.2, 0.25) is 0 Å². The van der Waals surface area contributed by atoms with Crippen LogP contribution in [-0.4, -0.2) is 68.5 Å². The molecule has 3 atom stereocenters. The second-order valence-electron chi connectivity index (χ2n) is 19.6. The Morgan fingerprint density at radius 1 is 0.531 bits per heavy atom. The van der Waals surface area contributed by atoms with Crippen molar-refractivity contribution in [2.75, 3.05) is 40.9 Å². The van der Waals surface area contributed by atoms with E-state index in [1.807, 2.05) is 27.2 Å². The molecular formula is C55H105N2O6P. The molecule has 0 aliphatic carbocycles. The van der Waals surface area contributed by atoms with Gasteiger partial charge < -0.3 is 28.8 Å². The van der Waals surface area contributed by atoms with Gasteiger partial charge >= 0.3 is 0 Å². The Morgan fingerprint density at radius 3 is 1.27 bits per heavy atom. The van der Waals surface area contributed by atoms with Crippen molar-refractivity contribution in [3.05, 3.63) is 48.6 Å². The van der Waals surface area contributed by atoms with E-state index < -0.39 is 26.6 Å². The summed E-state index contributed by atoms with van der Waals surface area (Å²) in [6, 6.07) is -0.913. The van der Waals surface area contributed by atoms with Crippen molar-refractivity contribution in [3.8, 4) is 0 Å². The monoisotopic (exact) mass is 921 g/mol. The van der Waals surface area contributed by atoms with Crippen LogP contribution in [0, 0.1) is 0 Å². The number of hydrogen-bond donors (Lipinski definition) is 2. The lowest BCUT2D eigenvalue weighted by Gasteiger charge is -2.29. The number of allylic oxidation sites excluding steroid dienone is 7. The number of hydrogen-bond acceptors (Lipinski definition) is 6. The number of phosphoric acid groups is 1. The average Bonchev–Trinajstić information content (AvgIpc) is 3.25. The molecule has 376 valence electrons. The number of carbonyl (C=O) groups excluding carboxylic acids is 1. The highest BCUT2D eigenvalue weighted by Crippen LogP contribution is 2.38. The van der Waals surface area contributed by atoms with Gasteiger partial charge in [0.05, 0.1) is 39.9 Å². The third kappa shape index (κ3) is 48.4. The molecule has 0 radical (unpaired) electrons. The summed E-state index contributed by atoms with van der Waals surface area (Å²) in [6.07, 6.45) is 60.4. The molecular weight excluding hydrogens is 816 g/mol. The molecule has 0 saturated carbocycles. The fourth-order valence-electron chi connectivity index (χ4n) is 7.71. The predicted octanol–water partition coefficient (Wildman–Crippen LogP) is 15.3. The number of likely N-dealkylation sites (N-methyl/N-ethyl adjacent to an activating group) is 1. The number of rotatable bonds is 49. The molecule has 1 amide bonds. The lowest BCUT2D eigenvalue weighted by Crippen LogP contribution is -2.45. The number of nitrogens with one attached hydrogen (secondary N) is 1. The summed E-state index contributed by atoms with van der Waals surface area (Å²) in [5.41, 5.74) is 0. The van der Waals surface area contributed by atoms with Crippen molar-refractivity contribution in [3.63, 3.8) is 0 Å². The predicted molar refractivity (Wildman–Crippen MR) is 274 cm³/mol. The molecule has 64 heavy (non-hydrogen) atoms. The van der Waals surface area contributed by atoms with E-state index in [9.17, 15) is 19.4 Å².